The largest absolute Gasteiger partial charge is 0.469 e. The summed E-state index contributed by atoms with van der Waals surface area (Å²) in [5.41, 5.74) is 1.35. The Morgan fingerprint density at radius 3 is 2.49 bits per heavy atom. The smallest absolute Gasteiger partial charge is 0.309 e. The predicted molar refractivity (Wildman–Crippen MR) is 151 cm³/mol. The zero-order valence-corrected chi connectivity index (χ0v) is 24.1. The number of fused-ring (bicyclic) bond motifs is 2. The SMILES string of the molecule is COC(=O)[C@H](CCCCNS(=O)(=O)c1cccc2c(N(C)C)cccc12)C1C(=O)C[C@@H]2C1=CC(=O)CC2(C)C. The number of sulfonamides is 1. The number of rotatable bonds is 10. The lowest BCUT2D eigenvalue weighted by Crippen LogP contribution is -2.34. The van der Waals surface area contributed by atoms with Crippen LogP contribution in [-0.2, 0) is 29.1 Å². The molecule has 0 amide bonds. The first-order valence-electron chi connectivity index (χ1n) is 13.4. The fourth-order valence-corrected chi connectivity index (χ4v) is 7.56. The standard InChI is InChI=1S/C30H38N2O6S/c1-30(2)18-19(33)16-23-24(30)17-26(34)28(23)22(29(35)38-5)10-6-7-15-31-39(36,37)27-14-9-11-20-21(27)12-8-13-25(20)32(3)4/h8-9,11-14,16,22,24,28,31H,6-7,10,15,17-18H2,1-5H3/t22-,24-,28?/m1/s1. The second kappa shape index (κ2) is 11.2. The van der Waals surface area contributed by atoms with Gasteiger partial charge < -0.3 is 9.64 Å². The molecule has 2 aromatic carbocycles. The van der Waals surface area contributed by atoms with E-state index < -0.39 is 27.8 Å². The molecule has 4 rings (SSSR count). The first-order valence-corrected chi connectivity index (χ1v) is 14.9. The molecule has 0 aromatic heterocycles. The summed E-state index contributed by atoms with van der Waals surface area (Å²) >= 11 is 0. The van der Waals surface area contributed by atoms with Crippen molar-refractivity contribution in [2.24, 2.45) is 23.2 Å². The van der Waals surface area contributed by atoms with Crippen LogP contribution in [0, 0.1) is 23.2 Å². The third-order valence-corrected chi connectivity index (χ3v) is 9.70. The zero-order valence-electron chi connectivity index (χ0n) is 23.3. The normalized spacial score (nSPS) is 21.4. The van der Waals surface area contributed by atoms with Gasteiger partial charge in [0.15, 0.2) is 5.78 Å². The van der Waals surface area contributed by atoms with Crippen molar-refractivity contribution >= 4 is 44.0 Å². The van der Waals surface area contributed by atoms with E-state index in [4.69, 9.17) is 4.74 Å². The van der Waals surface area contributed by atoms with Crippen LogP contribution >= 0.6 is 0 Å². The van der Waals surface area contributed by atoms with Gasteiger partial charge in [0.2, 0.25) is 10.0 Å². The second-order valence-electron chi connectivity index (χ2n) is 11.5. The summed E-state index contributed by atoms with van der Waals surface area (Å²) in [6.45, 7) is 4.18. The Balaban J connectivity index is 1.44. The van der Waals surface area contributed by atoms with Crippen LogP contribution in [-0.4, -0.2) is 53.7 Å². The quantitative estimate of drug-likeness (QED) is 0.345. The van der Waals surface area contributed by atoms with Gasteiger partial charge in [-0.05, 0) is 42.4 Å². The Bertz CT molecular complexity index is 1430. The molecule has 0 aliphatic heterocycles. The number of benzene rings is 2. The van der Waals surface area contributed by atoms with Crippen LogP contribution in [0.4, 0.5) is 5.69 Å². The summed E-state index contributed by atoms with van der Waals surface area (Å²) in [6.07, 6.45) is 3.64. The topological polar surface area (TPSA) is 110 Å². The minimum atomic E-state index is -3.77. The van der Waals surface area contributed by atoms with Gasteiger partial charge in [-0.15, -0.1) is 0 Å². The predicted octanol–water partition coefficient (Wildman–Crippen LogP) is 4.27. The first-order chi connectivity index (χ1) is 18.4. The van der Waals surface area contributed by atoms with E-state index in [1.165, 1.54) is 7.11 Å². The number of nitrogens with one attached hydrogen (secondary N) is 1. The number of anilines is 1. The van der Waals surface area contributed by atoms with Gasteiger partial charge in [-0.25, -0.2) is 13.1 Å². The monoisotopic (exact) mass is 554 g/mol. The van der Waals surface area contributed by atoms with Gasteiger partial charge in [-0.2, -0.15) is 0 Å². The Kier molecular flexibility index (Phi) is 8.33. The molecular formula is C30H38N2O6S. The lowest BCUT2D eigenvalue weighted by Gasteiger charge is -2.36. The number of unbranched alkanes of at least 4 members (excludes halogenated alkanes) is 1. The highest BCUT2D eigenvalue weighted by atomic mass is 32.2. The van der Waals surface area contributed by atoms with Crippen LogP contribution < -0.4 is 9.62 Å². The minimum Gasteiger partial charge on any atom is -0.469 e. The van der Waals surface area contributed by atoms with Gasteiger partial charge in [0.1, 0.15) is 5.78 Å². The summed E-state index contributed by atoms with van der Waals surface area (Å²) in [4.78, 5) is 40.4. The first kappa shape index (κ1) is 29.0. The fraction of sp³-hybridized carbons (Fsp3) is 0.500. The highest BCUT2D eigenvalue weighted by Gasteiger charge is 2.51. The maximum absolute atomic E-state index is 13.2. The molecule has 3 atom stereocenters. The number of methoxy groups -OCH3 is 1. The van der Waals surface area contributed by atoms with Crippen LogP contribution in [0.15, 0.2) is 52.9 Å². The van der Waals surface area contributed by atoms with Crippen molar-refractivity contribution < 1.29 is 27.5 Å². The van der Waals surface area contributed by atoms with Crippen LogP contribution in [0.1, 0.15) is 46.0 Å². The van der Waals surface area contributed by atoms with Crippen molar-refractivity contribution in [1.82, 2.24) is 4.72 Å². The second-order valence-corrected chi connectivity index (χ2v) is 13.3. The van der Waals surface area contributed by atoms with E-state index in [1.54, 1.807) is 24.3 Å². The Morgan fingerprint density at radius 1 is 1.10 bits per heavy atom. The number of allylic oxidation sites excluding steroid dienone is 2. The third kappa shape index (κ3) is 5.79. The molecule has 0 bridgehead atoms. The van der Waals surface area contributed by atoms with Crippen LogP contribution in [0.5, 0.6) is 0 Å². The average Bonchev–Trinajstić information content (AvgIpc) is 3.20. The summed E-state index contributed by atoms with van der Waals surface area (Å²) in [7, 11) is 1.36. The van der Waals surface area contributed by atoms with Crippen LogP contribution in [0.2, 0.25) is 0 Å². The number of hydrogen-bond donors (Lipinski definition) is 1. The van der Waals surface area contributed by atoms with Gasteiger partial charge in [0.25, 0.3) is 0 Å². The highest BCUT2D eigenvalue weighted by molar-refractivity contribution is 7.89. The number of ether oxygens (including phenoxy) is 1. The number of esters is 1. The number of carbonyl (C=O) groups is 3. The van der Waals surface area contributed by atoms with E-state index >= 15 is 0 Å². The molecule has 1 unspecified atom stereocenters. The van der Waals surface area contributed by atoms with Crippen molar-refractivity contribution in [2.45, 2.75) is 50.8 Å². The Morgan fingerprint density at radius 2 is 1.79 bits per heavy atom. The molecule has 39 heavy (non-hydrogen) atoms. The molecule has 0 saturated heterocycles. The maximum Gasteiger partial charge on any atom is 0.309 e. The van der Waals surface area contributed by atoms with E-state index in [9.17, 15) is 22.8 Å². The molecule has 2 aromatic rings. The van der Waals surface area contributed by atoms with E-state index in [-0.39, 0.29) is 34.3 Å². The molecule has 8 nitrogen and oxygen atoms in total. The number of Topliss-reactive ketones (excluding diaryl/α,β-unsaturated/α-hetero) is 1. The van der Waals surface area contributed by atoms with E-state index in [2.05, 4.69) is 4.72 Å². The lowest BCUT2D eigenvalue weighted by molar-refractivity contribution is -0.149. The van der Waals surface area contributed by atoms with E-state index in [1.807, 2.05) is 51.0 Å². The van der Waals surface area contributed by atoms with E-state index in [0.29, 0.717) is 37.5 Å². The molecule has 9 heteroatoms. The summed E-state index contributed by atoms with van der Waals surface area (Å²) in [5, 5.41) is 1.50. The van der Waals surface area contributed by atoms with Crippen molar-refractivity contribution in [1.29, 1.82) is 0 Å². The van der Waals surface area contributed by atoms with Crippen molar-refractivity contribution in [3.05, 3.63) is 48.0 Å². The summed E-state index contributed by atoms with van der Waals surface area (Å²) < 4.78 is 34.1. The number of ketones is 2. The number of carbonyl (C=O) groups excluding carboxylic acids is 3. The zero-order chi connectivity index (χ0) is 28.5. The lowest BCUT2D eigenvalue weighted by atomic mass is 9.67. The minimum absolute atomic E-state index is 0.0184. The van der Waals surface area contributed by atoms with Gasteiger partial charge in [0.05, 0.1) is 23.8 Å². The van der Waals surface area contributed by atoms with Crippen molar-refractivity contribution in [3.8, 4) is 0 Å². The van der Waals surface area contributed by atoms with E-state index in [0.717, 1.165) is 16.6 Å². The van der Waals surface area contributed by atoms with Gasteiger partial charge in [0, 0.05) is 49.9 Å². The molecule has 0 heterocycles. The maximum atomic E-state index is 13.2. The van der Waals surface area contributed by atoms with Crippen molar-refractivity contribution in [2.75, 3.05) is 32.6 Å². The molecule has 0 radical (unpaired) electrons. The fourth-order valence-electron chi connectivity index (χ4n) is 6.27. The van der Waals surface area contributed by atoms with Gasteiger partial charge in [-0.3, -0.25) is 14.4 Å². The number of nitrogens with zero attached hydrogens (tertiary/aromatic N) is 1. The van der Waals surface area contributed by atoms with Gasteiger partial charge in [-0.1, -0.05) is 50.1 Å². The number of hydrogen-bond acceptors (Lipinski definition) is 7. The van der Waals surface area contributed by atoms with Crippen LogP contribution in [0.3, 0.4) is 0 Å². The molecule has 1 saturated carbocycles. The summed E-state index contributed by atoms with van der Waals surface area (Å²) in [5.74, 6) is -1.93. The third-order valence-electron chi connectivity index (χ3n) is 8.19. The molecule has 2 aliphatic carbocycles. The van der Waals surface area contributed by atoms with Gasteiger partial charge >= 0.3 is 5.97 Å². The highest BCUT2D eigenvalue weighted by Crippen LogP contribution is 2.51. The molecular weight excluding hydrogens is 516 g/mol. The average molecular weight is 555 g/mol. The molecule has 2 aliphatic rings. The Hall–Kier alpha value is -3.04. The van der Waals surface area contributed by atoms with Crippen molar-refractivity contribution in [3.63, 3.8) is 0 Å². The molecule has 0 spiro atoms. The molecule has 1 N–H and O–H groups in total. The molecule has 1 fully saturated rings. The Labute approximate surface area is 230 Å². The molecule has 210 valence electrons. The van der Waals surface area contributed by atoms with Crippen LogP contribution in [0.25, 0.3) is 10.8 Å². The summed E-state index contributed by atoms with van der Waals surface area (Å²) in [6, 6.07) is 10.8.